The molecule has 2 N–H and O–H groups in total. The number of nitrogens with one attached hydrogen (secondary N) is 1. The monoisotopic (exact) mass is 467 g/mol. The minimum absolute atomic E-state index is 0.113. The fraction of sp³-hybridized carbons (Fsp3) is 0.611. The fourth-order valence-corrected chi connectivity index (χ4v) is 5.16. The summed E-state index contributed by atoms with van der Waals surface area (Å²) in [5.41, 5.74) is 0.782. The average Bonchev–Trinajstić information content (AvgIpc) is 3.30. The number of imidazole rings is 1. The Morgan fingerprint density at radius 2 is 2.09 bits per heavy atom. The van der Waals surface area contributed by atoms with Gasteiger partial charge < -0.3 is 0 Å². The fourth-order valence-electron chi connectivity index (χ4n) is 3.82. The number of amides is 1. The third-order valence-corrected chi connectivity index (χ3v) is 6.66. The molecule has 4 heterocycles. The van der Waals surface area contributed by atoms with E-state index in [0.29, 0.717) is 30.4 Å². The van der Waals surface area contributed by atoms with E-state index in [1.54, 1.807) is 4.57 Å². The summed E-state index contributed by atoms with van der Waals surface area (Å²) < 4.78 is 24.7. The molecule has 32 heavy (non-hydrogen) atoms. The van der Waals surface area contributed by atoms with Gasteiger partial charge >= 0.3 is 178 Å². The van der Waals surface area contributed by atoms with E-state index in [-0.39, 0.29) is 24.8 Å². The number of aromatic nitrogens is 4. The van der Waals surface area contributed by atoms with Crippen molar-refractivity contribution in [2.45, 2.75) is 64.1 Å². The van der Waals surface area contributed by atoms with Crippen LogP contribution < -0.4 is 5.32 Å². The summed E-state index contributed by atoms with van der Waals surface area (Å²) in [7, 11) is -1.85. The molecular weight excluding hydrogens is 440 g/mol. The molecule has 0 spiro atoms. The topological polar surface area (TPSA) is 147 Å². The van der Waals surface area contributed by atoms with Gasteiger partial charge in [0.25, 0.3) is 0 Å². The van der Waals surface area contributed by atoms with Crippen LogP contribution in [0.25, 0.3) is 11.2 Å². The number of carbonyl (C=O) groups is 2. The van der Waals surface area contributed by atoms with E-state index in [0.717, 1.165) is 0 Å². The second-order valence-corrected chi connectivity index (χ2v) is 10.2. The molecule has 2 fully saturated rings. The Bertz CT molecular complexity index is 1010. The molecule has 12 nitrogen and oxygen atoms in total. The van der Waals surface area contributed by atoms with E-state index >= 15 is 0 Å². The van der Waals surface area contributed by atoms with E-state index in [1.807, 2.05) is 13.8 Å². The van der Waals surface area contributed by atoms with Gasteiger partial charge in [-0.2, -0.15) is 0 Å². The zero-order chi connectivity index (χ0) is 22.9. The number of nitrogens with zero attached hydrogens (tertiary/aromatic N) is 4. The molecule has 0 bridgehead atoms. The van der Waals surface area contributed by atoms with Crippen molar-refractivity contribution in [1.29, 1.82) is 0 Å². The van der Waals surface area contributed by atoms with Gasteiger partial charge in [0.15, 0.2) is 0 Å². The predicted molar refractivity (Wildman–Crippen MR) is 117 cm³/mol. The van der Waals surface area contributed by atoms with Crippen molar-refractivity contribution >= 4 is 44.2 Å². The minimum atomic E-state index is -3.36. The molecule has 0 unspecified atom stereocenters. The van der Waals surface area contributed by atoms with Gasteiger partial charge in [0.05, 0.1) is 0 Å². The van der Waals surface area contributed by atoms with E-state index in [4.69, 9.17) is 18.5 Å². The van der Waals surface area contributed by atoms with Gasteiger partial charge in [-0.15, -0.1) is 0 Å². The molecule has 2 saturated heterocycles. The van der Waals surface area contributed by atoms with Crippen molar-refractivity contribution in [3.05, 3.63) is 12.7 Å². The van der Waals surface area contributed by atoms with Crippen LogP contribution in [0.5, 0.6) is 0 Å². The Balaban J connectivity index is 1.67. The van der Waals surface area contributed by atoms with E-state index in [9.17, 15) is 14.5 Å². The molecule has 2 aliphatic heterocycles. The van der Waals surface area contributed by atoms with Crippen molar-refractivity contribution in [2.75, 3.05) is 11.9 Å². The van der Waals surface area contributed by atoms with Crippen LogP contribution in [0.4, 0.5) is 5.82 Å². The number of ether oxygens (including phenoxy) is 2. The van der Waals surface area contributed by atoms with Crippen molar-refractivity contribution in [2.24, 2.45) is 0 Å². The van der Waals surface area contributed by atoms with Gasteiger partial charge in [-0.3, -0.25) is 0 Å². The van der Waals surface area contributed by atoms with Crippen LogP contribution in [-0.2, 0) is 28.1 Å². The van der Waals surface area contributed by atoms with E-state index in [1.165, 1.54) is 20.2 Å². The second kappa shape index (κ2) is 9.36. The SMILES string of the molecule is B[PH]1(O)OC[C@H]2O[C@@H](n3cnc4c(NC(=O)CCC)ncnc43)[C@@H](OC(=O)CCC)[C@H]2O1. The molecule has 0 aliphatic carbocycles. The van der Waals surface area contributed by atoms with E-state index < -0.39 is 38.3 Å². The molecule has 2 aromatic heterocycles. The number of carbonyl (C=O) groups excluding carboxylic acids is 2. The van der Waals surface area contributed by atoms with Gasteiger partial charge in [0.1, 0.15) is 0 Å². The van der Waals surface area contributed by atoms with Crippen LogP contribution in [0, 0.1) is 0 Å². The van der Waals surface area contributed by atoms with Crippen molar-refractivity contribution < 1.29 is 33.0 Å². The quantitative estimate of drug-likeness (QED) is 0.338. The Morgan fingerprint density at radius 3 is 2.84 bits per heavy atom. The van der Waals surface area contributed by atoms with Crippen molar-refractivity contribution in [3.63, 3.8) is 0 Å². The number of rotatable bonds is 7. The van der Waals surface area contributed by atoms with Crippen LogP contribution in [0.2, 0.25) is 0 Å². The summed E-state index contributed by atoms with van der Waals surface area (Å²) in [6.45, 7) is 3.90. The summed E-state index contributed by atoms with van der Waals surface area (Å²) in [6, 6.07) is 0. The zero-order valence-corrected chi connectivity index (χ0v) is 19.2. The van der Waals surface area contributed by atoms with Crippen LogP contribution in [0.1, 0.15) is 45.8 Å². The van der Waals surface area contributed by atoms with Gasteiger partial charge in [0, 0.05) is 0 Å². The Hall–Kier alpha value is -2.18. The third kappa shape index (κ3) is 4.62. The van der Waals surface area contributed by atoms with Crippen molar-refractivity contribution in [3.8, 4) is 0 Å². The number of esters is 1. The molecule has 0 aromatic carbocycles. The summed E-state index contributed by atoms with van der Waals surface area (Å²) in [5.74, 6) is -0.277. The molecule has 1 amide bonds. The first-order valence-corrected chi connectivity index (χ1v) is 13.0. The normalized spacial score (nSPS) is 27.6. The van der Waals surface area contributed by atoms with Gasteiger partial charge in [-0.1, -0.05) is 6.92 Å². The standard InChI is InChI=1S/C18H27BN5O7P/c1-3-5-11(25)23-16-13-17(21-8-20-16)24(9-22-13)18-15(30-12(26)6-4-2)14-10(29-18)7-28-32(19,27)31-14/h8-10,14-15,18,27,32H,3-7,19H2,1-2H3,(H,20,21,23,25)/t10-,14+,15+,18-/m1/s1. The number of fused-ring (bicyclic) bond motifs is 2. The summed E-state index contributed by atoms with van der Waals surface area (Å²) in [6.07, 6.45) is 1.85. The first kappa shape index (κ1) is 23.0. The number of hydrogen-bond acceptors (Lipinski definition) is 10. The van der Waals surface area contributed by atoms with Crippen LogP contribution in [0.3, 0.4) is 0 Å². The van der Waals surface area contributed by atoms with Crippen LogP contribution in [-0.4, -0.2) is 68.8 Å². The Kier molecular flexibility index (Phi) is 6.73. The summed E-state index contributed by atoms with van der Waals surface area (Å²) >= 11 is 0. The predicted octanol–water partition coefficient (Wildman–Crippen LogP) is 0.625. The molecule has 0 saturated carbocycles. The van der Waals surface area contributed by atoms with Crippen LogP contribution >= 0.6 is 7.82 Å². The van der Waals surface area contributed by atoms with Gasteiger partial charge in [-0.25, -0.2) is 0 Å². The third-order valence-electron chi connectivity index (χ3n) is 5.25. The summed E-state index contributed by atoms with van der Waals surface area (Å²) in [4.78, 5) is 47.5. The van der Waals surface area contributed by atoms with Crippen LogP contribution in [0.15, 0.2) is 12.7 Å². The number of anilines is 1. The van der Waals surface area contributed by atoms with Crippen molar-refractivity contribution in [1.82, 2.24) is 19.5 Å². The molecular formula is C18H27BN5O7P. The first-order chi connectivity index (χ1) is 15.3. The molecule has 4 atom stereocenters. The molecule has 174 valence electrons. The maximum absolute atomic E-state index is 12.3. The first-order valence-electron chi connectivity index (χ1n) is 10.7. The van der Waals surface area contributed by atoms with E-state index in [2.05, 4.69) is 20.3 Å². The average molecular weight is 467 g/mol. The van der Waals surface area contributed by atoms with Gasteiger partial charge in [0.2, 0.25) is 0 Å². The number of hydrogen-bond donors (Lipinski definition) is 2. The molecule has 2 aliphatic rings. The van der Waals surface area contributed by atoms with Gasteiger partial charge in [-0.05, 0) is 0 Å². The molecule has 0 radical (unpaired) electrons. The zero-order valence-electron chi connectivity index (χ0n) is 18.2. The Morgan fingerprint density at radius 1 is 1.31 bits per heavy atom. The second-order valence-electron chi connectivity index (χ2n) is 7.91. The maximum atomic E-state index is 12.3. The molecule has 4 rings (SSSR count). The molecule has 2 aromatic rings. The molecule has 14 heteroatoms. The Labute approximate surface area is 185 Å². The summed E-state index contributed by atoms with van der Waals surface area (Å²) in [5, 5.41) is 2.75.